The molecule has 0 saturated heterocycles. The molecule has 3 amide bonds. The van der Waals surface area contributed by atoms with Gasteiger partial charge in [-0.3, -0.25) is 24.9 Å². The summed E-state index contributed by atoms with van der Waals surface area (Å²) in [6, 6.07) is 17.8. The van der Waals surface area contributed by atoms with Crippen molar-refractivity contribution in [1.82, 2.24) is 15.5 Å². The van der Waals surface area contributed by atoms with Gasteiger partial charge in [0.25, 0.3) is 5.91 Å². The molecule has 3 heterocycles. The van der Waals surface area contributed by atoms with E-state index in [1.165, 1.54) is 12.5 Å². The highest BCUT2D eigenvalue weighted by molar-refractivity contribution is 6.09. The molecule has 0 radical (unpaired) electrons. The standard InChI is InChI=1S/C23H27N5O2.C21H27N5O2/c1-14(20-11-17(13-24-20)15(2)29)25-18-7-9-19(10-8-18)26-16(3)27-22-12-21(30-28-22)23(4,5)6;1-6-17(22-7-2)19(27)24-15-8-10-16(11-9-15)25-20(28)26-18-12-14(13-23-18)21(3,4)5/h7-13,24-26H,1,3H2,2,4-6H3,(H,27,28);6-12H,13H2,1-5H3,(H,24,27)(H2,23,25,26,28)/b;17-6-,22-7?. The number of anilines is 5. The van der Waals surface area contributed by atoms with Crippen molar-refractivity contribution in [2.24, 2.45) is 15.4 Å². The van der Waals surface area contributed by atoms with Crippen molar-refractivity contribution in [3.8, 4) is 0 Å². The summed E-state index contributed by atoms with van der Waals surface area (Å²) in [6.07, 6.45) is 6.79. The third kappa shape index (κ3) is 13.1. The van der Waals surface area contributed by atoms with Gasteiger partial charge in [0.15, 0.2) is 11.6 Å². The number of carbonyl (C=O) groups excluding carboxylic acids is 3. The van der Waals surface area contributed by atoms with Gasteiger partial charge in [0, 0.05) is 52.2 Å². The predicted octanol–water partition coefficient (Wildman–Crippen LogP) is 9.71. The maximum Gasteiger partial charge on any atom is 0.324 e. The Morgan fingerprint density at radius 1 is 0.793 bits per heavy atom. The van der Waals surface area contributed by atoms with Crippen molar-refractivity contribution >= 4 is 64.0 Å². The van der Waals surface area contributed by atoms with E-state index in [1.807, 2.05) is 36.4 Å². The molecule has 2 aromatic carbocycles. The molecule has 304 valence electrons. The van der Waals surface area contributed by atoms with Crippen LogP contribution >= 0.6 is 0 Å². The Bertz CT molecular complexity index is 2240. The Kier molecular flexibility index (Phi) is 14.5. The van der Waals surface area contributed by atoms with Crippen molar-refractivity contribution in [2.45, 2.75) is 67.7 Å². The van der Waals surface area contributed by atoms with Gasteiger partial charge >= 0.3 is 6.03 Å². The van der Waals surface area contributed by atoms with Crippen LogP contribution in [0.1, 0.15) is 84.1 Å². The van der Waals surface area contributed by atoms with Gasteiger partial charge in [0.1, 0.15) is 23.1 Å². The van der Waals surface area contributed by atoms with Crippen LogP contribution in [0.4, 0.5) is 33.4 Å². The highest BCUT2D eigenvalue weighted by atomic mass is 16.5. The first-order valence-corrected chi connectivity index (χ1v) is 18.7. The number of ketones is 1. The normalized spacial score (nSPS) is 12.7. The van der Waals surface area contributed by atoms with Gasteiger partial charge in [0.05, 0.1) is 17.9 Å². The van der Waals surface area contributed by atoms with E-state index in [9.17, 15) is 14.4 Å². The molecule has 0 unspecified atom stereocenters. The topological polar surface area (TPSA) is 190 Å². The predicted molar refractivity (Wildman–Crippen MR) is 236 cm³/mol. The average molecular weight is 787 g/mol. The fourth-order valence-electron chi connectivity index (χ4n) is 5.17. The van der Waals surface area contributed by atoms with Crippen molar-refractivity contribution in [1.29, 1.82) is 0 Å². The molecule has 14 nitrogen and oxygen atoms in total. The number of rotatable bonds is 12. The van der Waals surface area contributed by atoms with E-state index in [0.29, 0.717) is 52.4 Å². The van der Waals surface area contributed by atoms with Crippen molar-refractivity contribution < 1.29 is 18.9 Å². The number of hydrogen-bond donors (Lipinski definition) is 7. The molecule has 0 aliphatic carbocycles. The lowest BCUT2D eigenvalue weighted by molar-refractivity contribution is -0.112. The molecule has 1 aliphatic rings. The summed E-state index contributed by atoms with van der Waals surface area (Å²) in [6.45, 7) is 26.2. The SMILES string of the molecule is C=C(Nc1ccc(NC(=C)c2cc(C(C)=O)c[nH]2)cc1)Nc1cc(C(C)(C)C)on1.CC=N/C(=C\C)C(=O)Nc1ccc(NC(=O)NC2=NCC(C(C)(C)C)=C2)cc1. The number of aromatic amines is 1. The lowest BCUT2D eigenvalue weighted by atomic mass is 9.87. The van der Waals surface area contributed by atoms with Crippen LogP contribution < -0.4 is 31.9 Å². The van der Waals surface area contributed by atoms with E-state index >= 15 is 0 Å². The number of nitrogens with zero attached hydrogens (tertiary/aromatic N) is 3. The first kappa shape index (κ1) is 43.8. The number of hydrogen-bond acceptors (Lipinski definition) is 10. The summed E-state index contributed by atoms with van der Waals surface area (Å²) in [7, 11) is 0. The Morgan fingerprint density at radius 2 is 1.38 bits per heavy atom. The molecule has 5 rings (SSSR count). The first-order valence-electron chi connectivity index (χ1n) is 18.7. The molecule has 0 atom stereocenters. The summed E-state index contributed by atoms with van der Waals surface area (Å²) < 4.78 is 5.36. The molecule has 1 aliphatic heterocycles. The first-order chi connectivity index (χ1) is 27.3. The number of Topliss-reactive ketones (excluding diaryl/α,β-unsaturated/α-hetero) is 1. The zero-order chi connectivity index (χ0) is 42.6. The van der Waals surface area contributed by atoms with Crippen LogP contribution in [-0.2, 0) is 10.2 Å². The highest BCUT2D eigenvalue weighted by Gasteiger charge is 2.22. The van der Waals surface area contributed by atoms with Crippen molar-refractivity contribution in [3.63, 3.8) is 0 Å². The smallest absolute Gasteiger partial charge is 0.324 e. The number of aromatic nitrogens is 2. The van der Waals surface area contributed by atoms with E-state index in [-0.39, 0.29) is 28.6 Å². The third-order valence-corrected chi connectivity index (χ3v) is 8.53. The number of nitrogens with one attached hydrogen (secondary N) is 7. The number of urea groups is 1. The van der Waals surface area contributed by atoms with Gasteiger partial charge in [-0.05, 0) is 92.4 Å². The molecule has 14 heteroatoms. The minimum atomic E-state index is -0.365. The van der Waals surface area contributed by atoms with Crippen LogP contribution in [0.15, 0.2) is 124 Å². The Hall–Kier alpha value is -6.96. The molecule has 2 aromatic heterocycles. The zero-order valence-electron chi connectivity index (χ0n) is 34.7. The number of H-pyrrole nitrogens is 1. The van der Waals surface area contributed by atoms with Crippen molar-refractivity contribution in [2.75, 3.05) is 33.1 Å². The quantitative estimate of drug-likeness (QED) is 0.0420. The summed E-state index contributed by atoms with van der Waals surface area (Å²) in [5.74, 6) is 2.25. The van der Waals surface area contributed by atoms with Gasteiger partial charge < -0.3 is 36.1 Å². The summed E-state index contributed by atoms with van der Waals surface area (Å²) in [5.41, 5.74) is 6.45. The lowest BCUT2D eigenvalue weighted by Crippen LogP contribution is -2.32. The molecule has 7 N–H and O–H groups in total. The molecule has 58 heavy (non-hydrogen) atoms. The number of amidine groups is 1. The number of amides is 3. The summed E-state index contributed by atoms with van der Waals surface area (Å²) in [4.78, 5) is 47.1. The zero-order valence-corrected chi connectivity index (χ0v) is 34.7. The molecule has 0 fully saturated rings. The average Bonchev–Trinajstić information content (AvgIpc) is 3.94. The van der Waals surface area contributed by atoms with Crippen LogP contribution in [0.3, 0.4) is 0 Å². The van der Waals surface area contributed by atoms with E-state index in [0.717, 1.165) is 22.8 Å². The number of allylic oxidation sites excluding steroid dienone is 1. The molecule has 0 spiro atoms. The van der Waals surface area contributed by atoms with Gasteiger partial charge in [0.2, 0.25) is 0 Å². The fraction of sp³-hybridized carbons (Fsp3) is 0.273. The highest BCUT2D eigenvalue weighted by Crippen LogP contribution is 2.28. The molecular formula is C44H54N10O4. The van der Waals surface area contributed by atoms with E-state index in [2.05, 4.69) is 107 Å². The van der Waals surface area contributed by atoms with Gasteiger partial charge in [-0.15, -0.1) is 0 Å². The van der Waals surface area contributed by atoms with Gasteiger partial charge in [-0.25, -0.2) is 4.79 Å². The number of carbonyl (C=O) groups is 3. The molecule has 0 saturated carbocycles. The van der Waals surface area contributed by atoms with E-state index in [4.69, 9.17) is 4.52 Å². The van der Waals surface area contributed by atoms with Gasteiger partial charge in [-0.1, -0.05) is 65.9 Å². The molecule has 0 bridgehead atoms. The van der Waals surface area contributed by atoms with Crippen molar-refractivity contribution in [3.05, 3.63) is 126 Å². The van der Waals surface area contributed by atoms with Crippen LogP contribution in [-0.4, -0.2) is 46.5 Å². The Balaban J connectivity index is 0.000000257. The monoisotopic (exact) mass is 786 g/mol. The van der Waals surface area contributed by atoms with Gasteiger partial charge in [-0.2, -0.15) is 0 Å². The summed E-state index contributed by atoms with van der Waals surface area (Å²) in [5, 5.41) is 21.8. The minimum Gasteiger partial charge on any atom is -0.359 e. The Morgan fingerprint density at radius 3 is 1.88 bits per heavy atom. The summed E-state index contributed by atoms with van der Waals surface area (Å²) >= 11 is 0. The fourth-order valence-corrected chi connectivity index (χ4v) is 5.17. The van der Waals surface area contributed by atoms with Crippen LogP contribution in [0.25, 0.3) is 5.70 Å². The maximum atomic E-state index is 12.2. The second-order valence-electron chi connectivity index (χ2n) is 15.4. The number of aliphatic imine (C=N–C) groups is 2. The van der Waals surface area contributed by atoms with Crippen LogP contribution in [0.2, 0.25) is 0 Å². The minimum absolute atomic E-state index is 0.00909. The second-order valence-corrected chi connectivity index (χ2v) is 15.4. The Labute approximate surface area is 340 Å². The van der Waals surface area contributed by atoms with Crippen LogP contribution in [0, 0.1) is 5.41 Å². The molecular weight excluding hydrogens is 733 g/mol. The van der Waals surface area contributed by atoms with E-state index < -0.39 is 0 Å². The van der Waals surface area contributed by atoms with Crippen LogP contribution in [0.5, 0.6) is 0 Å². The molecule has 4 aromatic rings. The third-order valence-electron chi connectivity index (χ3n) is 8.53. The second kappa shape index (κ2) is 19.3. The number of benzene rings is 2. The van der Waals surface area contributed by atoms with E-state index in [1.54, 1.807) is 62.7 Å². The largest absolute Gasteiger partial charge is 0.359 e. The lowest BCUT2D eigenvalue weighted by Gasteiger charge is -2.18. The maximum absolute atomic E-state index is 12.2.